The Kier molecular flexibility index (Phi) is 3.51. The van der Waals surface area contributed by atoms with Crippen molar-refractivity contribution in [2.45, 2.75) is 0 Å². The van der Waals surface area contributed by atoms with Gasteiger partial charge in [0.15, 0.2) is 0 Å². The van der Waals surface area contributed by atoms with Gasteiger partial charge in [-0.15, -0.1) is 0 Å². The Morgan fingerprint density at radius 2 is 1.94 bits per heavy atom. The van der Waals surface area contributed by atoms with Crippen molar-refractivity contribution in [1.82, 2.24) is 5.32 Å². The molecule has 0 bridgehead atoms. The Bertz CT molecular complexity index is 514. The van der Waals surface area contributed by atoms with Gasteiger partial charge < -0.3 is 0 Å². The SMILES string of the molecule is O=C1NC(=O)/C(=C/c2ccc(Br)c(Br)c2)S1. The van der Waals surface area contributed by atoms with E-state index < -0.39 is 0 Å². The topological polar surface area (TPSA) is 46.2 Å². The predicted molar refractivity (Wildman–Crippen MR) is 70.9 cm³/mol. The molecule has 2 rings (SSSR count). The van der Waals surface area contributed by atoms with Gasteiger partial charge in [0.2, 0.25) is 0 Å². The minimum absolute atomic E-state index is 0.326. The molecule has 1 aliphatic rings. The molecule has 0 aliphatic carbocycles. The zero-order chi connectivity index (χ0) is 11.7. The van der Waals surface area contributed by atoms with Gasteiger partial charge in [-0.1, -0.05) is 6.07 Å². The fourth-order valence-electron chi connectivity index (χ4n) is 1.17. The lowest BCUT2D eigenvalue weighted by atomic mass is 10.2. The number of carbonyl (C=O) groups excluding carboxylic acids is 2. The lowest BCUT2D eigenvalue weighted by molar-refractivity contribution is -0.115. The van der Waals surface area contributed by atoms with Crippen LogP contribution in [0.3, 0.4) is 0 Å². The van der Waals surface area contributed by atoms with Gasteiger partial charge in [-0.2, -0.15) is 0 Å². The number of halogens is 2. The molecule has 0 radical (unpaired) electrons. The summed E-state index contributed by atoms with van der Waals surface area (Å²) in [4.78, 5) is 22.7. The molecule has 1 heterocycles. The number of carbonyl (C=O) groups is 2. The lowest BCUT2D eigenvalue weighted by Crippen LogP contribution is -2.17. The van der Waals surface area contributed by atoms with E-state index in [0.29, 0.717) is 4.91 Å². The van der Waals surface area contributed by atoms with Gasteiger partial charge in [-0.05, 0) is 67.4 Å². The van der Waals surface area contributed by atoms with Crippen LogP contribution in [0.25, 0.3) is 6.08 Å². The van der Waals surface area contributed by atoms with E-state index in [1.165, 1.54) is 0 Å². The molecule has 0 saturated carbocycles. The molecule has 0 spiro atoms. The molecule has 0 unspecified atom stereocenters. The van der Waals surface area contributed by atoms with Gasteiger partial charge >= 0.3 is 0 Å². The number of rotatable bonds is 1. The highest BCUT2D eigenvalue weighted by Gasteiger charge is 2.24. The van der Waals surface area contributed by atoms with E-state index in [0.717, 1.165) is 26.3 Å². The molecular weight excluding hydrogens is 358 g/mol. The fourth-order valence-corrected chi connectivity index (χ4v) is 2.50. The number of hydrogen-bond donors (Lipinski definition) is 1. The zero-order valence-corrected chi connectivity index (χ0v) is 11.8. The van der Waals surface area contributed by atoms with Crippen molar-refractivity contribution < 1.29 is 9.59 Å². The molecule has 0 aromatic heterocycles. The third-order valence-corrected chi connectivity index (χ3v) is 4.57. The van der Waals surface area contributed by atoms with E-state index in [1.807, 2.05) is 18.2 Å². The number of amides is 2. The Hall–Kier alpha value is -0.590. The molecule has 1 aromatic rings. The summed E-state index contributed by atoms with van der Waals surface area (Å²) in [5, 5.41) is 1.88. The first kappa shape index (κ1) is 11.9. The molecule has 6 heteroatoms. The maximum atomic E-state index is 11.3. The first-order chi connectivity index (χ1) is 7.56. The number of thioether (sulfide) groups is 1. The molecule has 1 saturated heterocycles. The van der Waals surface area contributed by atoms with Crippen LogP contribution in [-0.4, -0.2) is 11.1 Å². The number of benzene rings is 1. The lowest BCUT2D eigenvalue weighted by Gasteiger charge is -1.98. The largest absolute Gasteiger partial charge is 0.290 e. The minimum atomic E-state index is -0.339. The smallest absolute Gasteiger partial charge is 0.282 e. The van der Waals surface area contributed by atoms with Crippen molar-refractivity contribution in [3.8, 4) is 0 Å². The highest BCUT2D eigenvalue weighted by atomic mass is 79.9. The third kappa shape index (κ3) is 2.56. The normalized spacial score (nSPS) is 18.0. The standard InChI is InChI=1S/C10H5Br2NO2S/c11-6-2-1-5(3-7(6)12)4-8-9(14)13-10(15)16-8/h1-4H,(H,13,14,15)/b8-4-. The van der Waals surface area contributed by atoms with Crippen molar-refractivity contribution in [1.29, 1.82) is 0 Å². The van der Waals surface area contributed by atoms with E-state index >= 15 is 0 Å². The van der Waals surface area contributed by atoms with Crippen LogP contribution in [0.5, 0.6) is 0 Å². The Labute approximate surface area is 113 Å². The van der Waals surface area contributed by atoms with Crippen LogP contribution in [0.15, 0.2) is 32.0 Å². The molecular formula is C10H5Br2NO2S. The van der Waals surface area contributed by atoms with E-state index in [9.17, 15) is 9.59 Å². The molecule has 1 N–H and O–H groups in total. The van der Waals surface area contributed by atoms with Gasteiger partial charge in [0, 0.05) is 8.95 Å². The van der Waals surface area contributed by atoms with Crippen LogP contribution < -0.4 is 5.32 Å². The van der Waals surface area contributed by atoms with Crippen molar-refractivity contribution >= 4 is 60.8 Å². The Morgan fingerprint density at radius 1 is 1.19 bits per heavy atom. The molecule has 0 atom stereocenters. The average molecular weight is 363 g/mol. The summed E-state index contributed by atoms with van der Waals surface area (Å²) in [6, 6.07) is 5.60. The summed E-state index contributed by atoms with van der Waals surface area (Å²) in [6.45, 7) is 0. The highest BCUT2D eigenvalue weighted by molar-refractivity contribution is 9.13. The van der Waals surface area contributed by atoms with Crippen molar-refractivity contribution in [3.63, 3.8) is 0 Å². The summed E-state index contributed by atoms with van der Waals surface area (Å²) in [5.74, 6) is -0.339. The Morgan fingerprint density at radius 3 is 2.50 bits per heavy atom. The maximum Gasteiger partial charge on any atom is 0.290 e. The van der Waals surface area contributed by atoms with Crippen LogP contribution >= 0.6 is 43.6 Å². The van der Waals surface area contributed by atoms with E-state index in [1.54, 1.807) is 6.08 Å². The molecule has 82 valence electrons. The van der Waals surface area contributed by atoms with E-state index in [-0.39, 0.29) is 11.1 Å². The number of nitrogens with one attached hydrogen (secondary N) is 1. The van der Waals surface area contributed by atoms with Crippen LogP contribution in [0.4, 0.5) is 4.79 Å². The first-order valence-corrected chi connectivity index (χ1v) is 6.66. The maximum absolute atomic E-state index is 11.3. The monoisotopic (exact) mass is 361 g/mol. The average Bonchev–Trinajstić information content (AvgIpc) is 2.51. The quantitative estimate of drug-likeness (QED) is 0.777. The van der Waals surface area contributed by atoms with Crippen molar-refractivity contribution in [3.05, 3.63) is 37.6 Å². The summed E-state index contributed by atoms with van der Waals surface area (Å²) < 4.78 is 1.84. The van der Waals surface area contributed by atoms with Gasteiger partial charge in [0.25, 0.3) is 11.1 Å². The first-order valence-electron chi connectivity index (χ1n) is 4.26. The molecule has 1 fully saturated rings. The van der Waals surface area contributed by atoms with Crippen molar-refractivity contribution in [2.75, 3.05) is 0 Å². The number of imide groups is 1. The fraction of sp³-hybridized carbons (Fsp3) is 0. The van der Waals surface area contributed by atoms with E-state index in [4.69, 9.17) is 0 Å². The summed E-state index contributed by atoms with van der Waals surface area (Å²) in [7, 11) is 0. The molecule has 2 amide bonds. The van der Waals surface area contributed by atoms with Crippen LogP contribution in [0.1, 0.15) is 5.56 Å². The highest BCUT2D eigenvalue weighted by Crippen LogP contribution is 2.28. The molecule has 1 aromatic carbocycles. The molecule has 16 heavy (non-hydrogen) atoms. The van der Waals surface area contributed by atoms with Crippen LogP contribution in [0, 0.1) is 0 Å². The van der Waals surface area contributed by atoms with Gasteiger partial charge in [0.1, 0.15) is 0 Å². The van der Waals surface area contributed by atoms with E-state index in [2.05, 4.69) is 37.2 Å². The Balaban J connectivity index is 2.32. The zero-order valence-electron chi connectivity index (χ0n) is 7.79. The molecule has 3 nitrogen and oxygen atoms in total. The second kappa shape index (κ2) is 4.73. The molecule has 1 aliphatic heterocycles. The summed E-state index contributed by atoms with van der Waals surface area (Å²) in [6.07, 6.45) is 1.68. The predicted octanol–water partition coefficient (Wildman–Crippen LogP) is 3.54. The van der Waals surface area contributed by atoms with Gasteiger partial charge in [-0.3, -0.25) is 14.9 Å². The second-order valence-electron chi connectivity index (χ2n) is 3.03. The van der Waals surface area contributed by atoms with Gasteiger partial charge in [-0.25, -0.2) is 0 Å². The van der Waals surface area contributed by atoms with Gasteiger partial charge in [0.05, 0.1) is 4.91 Å². The summed E-state index contributed by atoms with van der Waals surface area (Å²) in [5.41, 5.74) is 0.863. The van der Waals surface area contributed by atoms with Crippen LogP contribution in [0.2, 0.25) is 0 Å². The van der Waals surface area contributed by atoms with Crippen molar-refractivity contribution in [2.24, 2.45) is 0 Å². The third-order valence-electron chi connectivity index (χ3n) is 1.88. The number of hydrogen-bond acceptors (Lipinski definition) is 3. The van der Waals surface area contributed by atoms with Crippen LogP contribution in [-0.2, 0) is 4.79 Å². The summed E-state index contributed by atoms with van der Waals surface area (Å²) >= 11 is 7.64. The minimum Gasteiger partial charge on any atom is -0.282 e. The second-order valence-corrected chi connectivity index (χ2v) is 5.75.